The maximum Gasteiger partial charge on any atom is 0.363 e. The SMILES string of the molecule is Cc1cccc(C(=O)Oc2c(Br)cc(/C=C3\N=C(c4cccc([N+](=O)[O-])c4)OC3=O)cc2Br)c1. The van der Waals surface area contributed by atoms with Crippen LogP contribution < -0.4 is 4.74 Å². The summed E-state index contributed by atoms with van der Waals surface area (Å²) >= 11 is 6.79. The van der Waals surface area contributed by atoms with E-state index in [0.29, 0.717) is 25.6 Å². The van der Waals surface area contributed by atoms with Gasteiger partial charge in [0.05, 0.1) is 19.4 Å². The van der Waals surface area contributed by atoms with Gasteiger partial charge in [-0.1, -0.05) is 23.8 Å². The van der Waals surface area contributed by atoms with E-state index >= 15 is 0 Å². The fourth-order valence-electron chi connectivity index (χ4n) is 3.13. The lowest BCUT2D eigenvalue weighted by atomic mass is 10.1. The number of cyclic esters (lactones) is 1. The van der Waals surface area contributed by atoms with Crippen LogP contribution in [0.5, 0.6) is 5.75 Å². The fraction of sp³-hybridized carbons (Fsp3) is 0.0417. The van der Waals surface area contributed by atoms with Gasteiger partial charge in [0.2, 0.25) is 5.90 Å². The summed E-state index contributed by atoms with van der Waals surface area (Å²) in [7, 11) is 0. The number of halogens is 2. The second-order valence-corrected chi connectivity index (χ2v) is 8.92. The number of ether oxygens (including phenoxy) is 2. The van der Waals surface area contributed by atoms with Crippen molar-refractivity contribution in [3.63, 3.8) is 0 Å². The molecule has 3 aromatic rings. The summed E-state index contributed by atoms with van der Waals surface area (Å²) in [5, 5.41) is 11.0. The number of benzene rings is 3. The van der Waals surface area contributed by atoms with Gasteiger partial charge in [0.1, 0.15) is 0 Å². The smallest absolute Gasteiger partial charge is 0.363 e. The molecule has 1 aliphatic heterocycles. The van der Waals surface area contributed by atoms with Crippen LogP contribution >= 0.6 is 31.9 Å². The van der Waals surface area contributed by atoms with Crippen LogP contribution in [0.4, 0.5) is 5.69 Å². The average Bonchev–Trinajstić information content (AvgIpc) is 3.16. The predicted octanol–water partition coefficient (Wildman–Crippen LogP) is 5.99. The number of esters is 2. The minimum Gasteiger partial charge on any atom is -0.421 e. The summed E-state index contributed by atoms with van der Waals surface area (Å²) < 4.78 is 11.7. The highest BCUT2D eigenvalue weighted by molar-refractivity contribution is 9.11. The van der Waals surface area contributed by atoms with Crippen LogP contribution in [0.2, 0.25) is 0 Å². The van der Waals surface area contributed by atoms with E-state index in [9.17, 15) is 19.7 Å². The first kappa shape index (κ1) is 23.5. The number of nitro benzene ring substituents is 1. The third kappa shape index (κ3) is 5.13. The summed E-state index contributed by atoms with van der Waals surface area (Å²) in [5.74, 6) is -0.948. The fourth-order valence-corrected chi connectivity index (χ4v) is 4.51. The molecule has 0 N–H and O–H groups in total. The zero-order valence-electron chi connectivity index (χ0n) is 17.5. The van der Waals surface area contributed by atoms with Crippen molar-refractivity contribution in [1.29, 1.82) is 0 Å². The van der Waals surface area contributed by atoms with Crippen molar-refractivity contribution in [3.05, 3.63) is 108 Å². The van der Waals surface area contributed by atoms with Gasteiger partial charge in [0.25, 0.3) is 5.69 Å². The van der Waals surface area contributed by atoms with Crippen molar-refractivity contribution in [2.24, 2.45) is 4.99 Å². The molecule has 3 aromatic carbocycles. The number of aryl methyl sites for hydroxylation is 1. The Morgan fingerprint density at radius 3 is 2.47 bits per heavy atom. The van der Waals surface area contributed by atoms with Crippen molar-refractivity contribution in [3.8, 4) is 5.75 Å². The number of nitrogens with zero attached hydrogens (tertiary/aromatic N) is 2. The summed E-state index contributed by atoms with van der Waals surface area (Å²) in [6.45, 7) is 1.88. The topological polar surface area (TPSA) is 108 Å². The van der Waals surface area contributed by atoms with Gasteiger partial charge >= 0.3 is 11.9 Å². The van der Waals surface area contributed by atoms with E-state index in [1.165, 1.54) is 24.3 Å². The lowest BCUT2D eigenvalue weighted by molar-refractivity contribution is -0.384. The Morgan fingerprint density at radius 1 is 1.09 bits per heavy atom. The Kier molecular flexibility index (Phi) is 6.71. The first-order chi connectivity index (χ1) is 16.2. The molecule has 8 nitrogen and oxygen atoms in total. The van der Waals surface area contributed by atoms with E-state index in [1.807, 2.05) is 13.0 Å². The maximum absolute atomic E-state index is 12.5. The summed E-state index contributed by atoms with van der Waals surface area (Å²) in [6.07, 6.45) is 1.49. The largest absolute Gasteiger partial charge is 0.421 e. The van der Waals surface area contributed by atoms with Crippen molar-refractivity contribution in [1.82, 2.24) is 0 Å². The van der Waals surface area contributed by atoms with Crippen molar-refractivity contribution in [2.45, 2.75) is 6.92 Å². The molecule has 0 atom stereocenters. The standard InChI is InChI=1S/C24H14Br2N2O6/c1-13-4-2-6-16(8-13)23(29)33-21-18(25)9-14(10-19(21)26)11-20-24(30)34-22(27-20)15-5-3-7-17(12-15)28(31)32/h2-12H,1H3/b20-11-. The van der Waals surface area contributed by atoms with Gasteiger partial charge in [-0.25, -0.2) is 14.6 Å². The number of nitro groups is 1. The predicted molar refractivity (Wildman–Crippen MR) is 132 cm³/mol. The molecule has 1 aliphatic rings. The molecule has 0 fully saturated rings. The number of carbonyl (C=O) groups is 2. The minimum atomic E-state index is -0.691. The Labute approximate surface area is 210 Å². The van der Waals surface area contributed by atoms with Gasteiger partial charge in [-0.05, 0) is 80.8 Å². The van der Waals surface area contributed by atoms with Crippen molar-refractivity contribution >= 4 is 61.5 Å². The Hall–Kier alpha value is -3.63. The number of carbonyl (C=O) groups excluding carboxylic acids is 2. The van der Waals surface area contributed by atoms with E-state index in [4.69, 9.17) is 9.47 Å². The molecule has 170 valence electrons. The monoisotopic (exact) mass is 584 g/mol. The molecule has 0 saturated carbocycles. The second kappa shape index (κ2) is 9.70. The van der Waals surface area contributed by atoms with Crippen molar-refractivity contribution in [2.75, 3.05) is 0 Å². The number of hydrogen-bond donors (Lipinski definition) is 0. The summed E-state index contributed by atoms with van der Waals surface area (Å²) in [6, 6.07) is 16.0. The second-order valence-electron chi connectivity index (χ2n) is 7.22. The molecule has 0 amide bonds. The lowest BCUT2D eigenvalue weighted by Crippen LogP contribution is -2.09. The molecular weight excluding hydrogens is 572 g/mol. The molecule has 0 aliphatic carbocycles. The first-order valence-electron chi connectivity index (χ1n) is 9.76. The first-order valence-corrected chi connectivity index (χ1v) is 11.3. The number of non-ortho nitro benzene ring substituents is 1. The Balaban J connectivity index is 1.60. The number of hydrogen-bond acceptors (Lipinski definition) is 7. The molecule has 0 saturated heterocycles. The van der Waals surface area contributed by atoms with E-state index < -0.39 is 16.9 Å². The Morgan fingerprint density at radius 2 is 1.79 bits per heavy atom. The lowest BCUT2D eigenvalue weighted by Gasteiger charge is -2.10. The molecule has 0 bridgehead atoms. The molecule has 1 heterocycles. The zero-order chi connectivity index (χ0) is 24.4. The van der Waals surface area contributed by atoms with Gasteiger partial charge in [-0.2, -0.15) is 0 Å². The highest BCUT2D eigenvalue weighted by Gasteiger charge is 2.25. The highest BCUT2D eigenvalue weighted by atomic mass is 79.9. The van der Waals surface area contributed by atoms with Crippen molar-refractivity contribution < 1.29 is 24.0 Å². The van der Waals surface area contributed by atoms with E-state index in [1.54, 1.807) is 36.4 Å². The van der Waals surface area contributed by atoms with Crippen LogP contribution in [0.15, 0.2) is 80.3 Å². The van der Waals surface area contributed by atoms with E-state index in [0.717, 1.165) is 5.56 Å². The normalized spacial score (nSPS) is 14.0. The van der Waals surface area contributed by atoms with Gasteiger partial charge in [0, 0.05) is 17.7 Å². The third-order valence-electron chi connectivity index (χ3n) is 4.70. The van der Waals surface area contributed by atoms with Gasteiger partial charge < -0.3 is 9.47 Å². The van der Waals surface area contributed by atoms with Crippen LogP contribution in [0.3, 0.4) is 0 Å². The molecule has 0 unspecified atom stereocenters. The highest BCUT2D eigenvalue weighted by Crippen LogP contribution is 2.36. The van der Waals surface area contributed by atoms with E-state index in [2.05, 4.69) is 36.9 Å². The van der Waals surface area contributed by atoms with E-state index in [-0.39, 0.29) is 23.0 Å². The molecule has 10 heteroatoms. The van der Waals surface area contributed by atoms with Crippen LogP contribution in [0.25, 0.3) is 6.08 Å². The summed E-state index contributed by atoms with van der Waals surface area (Å²) in [5.41, 5.74) is 2.11. The molecule has 0 aromatic heterocycles. The molecule has 4 rings (SSSR count). The summed E-state index contributed by atoms with van der Waals surface area (Å²) in [4.78, 5) is 39.5. The molecule has 0 radical (unpaired) electrons. The number of aliphatic imine (C=N–C) groups is 1. The molecule has 0 spiro atoms. The van der Waals surface area contributed by atoms with Crippen LogP contribution in [0.1, 0.15) is 27.0 Å². The number of rotatable bonds is 5. The maximum atomic E-state index is 12.5. The van der Waals surface area contributed by atoms with Crippen LogP contribution in [-0.4, -0.2) is 22.8 Å². The Bertz CT molecular complexity index is 1390. The molecular formula is C24H14Br2N2O6. The molecule has 34 heavy (non-hydrogen) atoms. The van der Waals surface area contributed by atoms with Gasteiger partial charge in [-0.3, -0.25) is 10.1 Å². The van der Waals surface area contributed by atoms with Gasteiger partial charge in [0.15, 0.2) is 11.4 Å². The third-order valence-corrected chi connectivity index (χ3v) is 5.88. The van der Waals surface area contributed by atoms with Crippen LogP contribution in [-0.2, 0) is 9.53 Å². The quantitative estimate of drug-likeness (QED) is 0.120. The average molecular weight is 586 g/mol. The zero-order valence-corrected chi connectivity index (χ0v) is 20.6. The van der Waals surface area contributed by atoms with Crippen LogP contribution in [0, 0.1) is 17.0 Å². The van der Waals surface area contributed by atoms with Gasteiger partial charge in [-0.15, -0.1) is 0 Å². The minimum absolute atomic E-state index is 0.0183.